The number of nitrogens with two attached hydrogens (primary N) is 1. The van der Waals surface area contributed by atoms with Gasteiger partial charge in [-0.05, 0) is 36.8 Å². The van der Waals surface area contributed by atoms with Crippen molar-refractivity contribution in [2.45, 2.75) is 13.0 Å². The lowest BCUT2D eigenvalue weighted by atomic mass is 10.1. The third kappa shape index (κ3) is 2.68. The number of anilines is 1. The van der Waals surface area contributed by atoms with E-state index in [1.165, 1.54) is 5.56 Å². The molecule has 2 rings (SSSR count). The average molecular weight is 241 g/mol. The van der Waals surface area contributed by atoms with E-state index in [0.717, 1.165) is 11.4 Å². The number of aromatic nitrogens is 1. The summed E-state index contributed by atoms with van der Waals surface area (Å²) in [5, 5.41) is 0. The molecule has 1 aromatic heterocycles. The van der Waals surface area contributed by atoms with E-state index in [1.807, 2.05) is 24.4 Å². The van der Waals surface area contributed by atoms with Gasteiger partial charge < -0.3 is 10.6 Å². The Morgan fingerprint density at radius 3 is 2.67 bits per heavy atom. The van der Waals surface area contributed by atoms with Crippen LogP contribution in [-0.4, -0.2) is 18.6 Å². The monoisotopic (exact) mass is 241 g/mol. The summed E-state index contributed by atoms with van der Waals surface area (Å²) < 4.78 is 0. The summed E-state index contributed by atoms with van der Waals surface area (Å²) in [6, 6.07) is 14.4. The van der Waals surface area contributed by atoms with Gasteiger partial charge in [0.2, 0.25) is 0 Å². The number of hydrogen-bond acceptors (Lipinski definition) is 3. The smallest absolute Gasteiger partial charge is 0.0832 e. The molecule has 94 valence electrons. The highest BCUT2D eigenvalue weighted by Gasteiger charge is 2.16. The summed E-state index contributed by atoms with van der Waals surface area (Å²) in [5.41, 5.74) is 9.31. The topological polar surface area (TPSA) is 42.1 Å². The highest BCUT2D eigenvalue weighted by Crippen LogP contribution is 2.24. The first kappa shape index (κ1) is 12.6. The average Bonchev–Trinajstić information content (AvgIpc) is 2.41. The van der Waals surface area contributed by atoms with Gasteiger partial charge in [-0.25, -0.2) is 0 Å². The molecule has 0 radical (unpaired) electrons. The van der Waals surface area contributed by atoms with Gasteiger partial charge in [0.25, 0.3) is 0 Å². The van der Waals surface area contributed by atoms with Gasteiger partial charge in [-0.15, -0.1) is 0 Å². The van der Waals surface area contributed by atoms with E-state index >= 15 is 0 Å². The molecule has 3 heteroatoms. The van der Waals surface area contributed by atoms with Crippen LogP contribution in [-0.2, 0) is 0 Å². The Morgan fingerprint density at radius 1 is 1.22 bits per heavy atom. The fourth-order valence-electron chi connectivity index (χ4n) is 2.08. The molecule has 1 heterocycles. The maximum absolute atomic E-state index is 5.90. The molecule has 2 aromatic rings. The van der Waals surface area contributed by atoms with E-state index in [-0.39, 0.29) is 6.04 Å². The number of rotatable bonds is 4. The molecule has 2 N–H and O–H groups in total. The van der Waals surface area contributed by atoms with E-state index in [0.29, 0.717) is 6.54 Å². The molecule has 0 saturated heterocycles. The second kappa shape index (κ2) is 5.65. The van der Waals surface area contributed by atoms with Crippen LogP contribution >= 0.6 is 0 Å². The normalized spacial score (nSPS) is 12.2. The summed E-state index contributed by atoms with van der Waals surface area (Å²) in [6.45, 7) is 2.64. The standard InChI is InChI=1S/C15H19N3/c1-12-6-5-7-13(10-12)18(2)15(11-16)14-8-3-4-9-17-14/h3-10,15H,11,16H2,1-2H3. The zero-order valence-corrected chi connectivity index (χ0v) is 10.9. The minimum Gasteiger partial charge on any atom is -0.365 e. The van der Waals surface area contributed by atoms with Gasteiger partial charge in [-0.3, -0.25) is 4.98 Å². The predicted octanol–water partition coefficient (Wildman–Crippen LogP) is 2.53. The number of nitrogens with zero attached hydrogens (tertiary/aromatic N) is 2. The number of likely N-dealkylation sites (N-methyl/N-ethyl adjacent to an activating group) is 1. The third-order valence-corrected chi connectivity index (χ3v) is 3.13. The fraction of sp³-hybridized carbons (Fsp3) is 0.267. The molecular formula is C15H19N3. The molecule has 0 aliphatic carbocycles. The maximum Gasteiger partial charge on any atom is 0.0832 e. The molecular weight excluding hydrogens is 222 g/mol. The van der Waals surface area contributed by atoms with Crippen LogP contribution < -0.4 is 10.6 Å². The Balaban J connectivity index is 2.28. The zero-order chi connectivity index (χ0) is 13.0. The molecule has 1 atom stereocenters. The van der Waals surface area contributed by atoms with Crippen LogP contribution in [0.15, 0.2) is 48.7 Å². The van der Waals surface area contributed by atoms with Gasteiger partial charge >= 0.3 is 0 Å². The van der Waals surface area contributed by atoms with Crippen molar-refractivity contribution in [3.63, 3.8) is 0 Å². The SMILES string of the molecule is Cc1cccc(N(C)C(CN)c2ccccn2)c1. The van der Waals surface area contributed by atoms with Crippen LogP contribution in [0.2, 0.25) is 0 Å². The first-order chi connectivity index (χ1) is 8.72. The quantitative estimate of drug-likeness (QED) is 0.894. The van der Waals surface area contributed by atoms with Gasteiger partial charge in [-0.1, -0.05) is 18.2 Å². The highest BCUT2D eigenvalue weighted by molar-refractivity contribution is 5.49. The van der Waals surface area contributed by atoms with Crippen molar-refractivity contribution in [1.29, 1.82) is 0 Å². The Morgan fingerprint density at radius 2 is 2.06 bits per heavy atom. The molecule has 0 saturated carbocycles. The largest absolute Gasteiger partial charge is 0.365 e. The van der Waals surface area contributed by atoms with Gasteiger partial charge in [-0.2, -0.15) is 0 Å². The van der Waals surface area contributed by atoms with Crippen LogP contribution in [0, 0.1) is 6.92 Å². The Kier molecular flexibility index (Phi) is 3.95. The van der Waals surface area contributed by atoms with Gasteiger partial charge in [0.15, 0.2) is 0 Å². The molecule has 1 aromatic carbocycles. The molecule has 18 heavy (non-hydrogen) atoms. The molecule has 3 nitrogen and oxygen atoms in total. The molecule has 1 unspecified atom stereocenters. The second-order valence-electron chi connectivity index (χ2n) is 4.46. The van der Waals surface area contributed by atoms with Crippen molar-refractivity contribution < 1.29 is 0 Å². The Hall–Kier alpha value is -1.87. The van der Waals surface area contributed by atoms with E-state index in [4.69, 9.17) is 5.73 Å². The first-order valence-electron chi connectivity index (χ1n) is 6.13. The highest BCUT2D eigenvalue weighted by atomic mass is 15.2. The summed E-state index contributed by atoms with van der Waals surface area (Å²) in [4.78, 5) is 6.57. The van der Waals surface area contributed by atoms with Crippen LogP contribution in [0.5, 0.6) is 0 Å². The van der Waals surface area contributed by atoms with Crippen LogP contribution in [0.1, 0.15) is 17.3 Å². The first-order valence-corrected chi connectivity index (χ1v) is 6.13. The maximum atomic E-state index is 5.90. The Bertz CT molecular complexity index is 496. The summed E-state index contributed by atoms with van der Waals surface area (Å²) in [7, 11) is 2.06. The van der Waals surface area contributed by atoms with Crippen molar-refractivity contribution in [2.75, 3.05) is 18.5 Å². The fourth-order valence-corrected chi connectivity index (χ4v) is 2.08. The Labute approximate surface area is 108 Å². The van der Waals surface area contributed by atoms with E-state index in [1.54, 1.807) is 0 Å². The minimum absolute atomic E-state index is 0.105. The number of hydrogen-bond donors (Lipinski definition) is 1. The van der Waals surface area contributed by atoms with Crippen molar-refractivity contribution in [1.82, 2.24) is 4.98 Å². The third-order valence-electron chi connectivity index (χ3n) is 3.13. The molecule has 0 amide bonds. The van der Waals surface area contributed by atoms with Crippen molar-refractivity contribution in [3.05, 3.63) is 59.9 Å². The zero-order valence-electron chi connectivity index (χ0n) is 10.9. The molecule has 0 fully saturated rings. The molecule has 0 spiro atoms. The summed E-state index contributed by atoms with van der Waals surface area (Å²) >= 11 is 0. The van der Waals surface area contributed by atoms with E-state index < -0.39 is 0 Å². The minimum atomic E-state index is 0.105. The number of aryl methyl sites for hydroxylation is 1. The lowest BCUT2D eigenvalue weighted by molar-refractivity contribution is 0.660. The van der Waals surface area contributed by atoms with Crippen molar-refractivity contribution in [3.8, 4) is 0 Å². The summed E-state index contributed by atoms with van der Waals surface area (Å²) in [6.07, 6.45) is 1.81. The van der Waals surface area contributed by atoms with Crippen molar-refractivity contribution >= 4 is 5.69 Å². The molecule has 0 aliphatic heterocycles. The lowest BCUT2D eigenvalue weighted by Gasteiger charge is -2.28. The second-order valence-corrected chi connectivity index (χ2v) is 4.46. The van der Waals surface area contributed by atoms with Crippen LogP contribution in [0.25, 0.3) is 0 Å². The van der Waals surface area contributed by atoms with Crippen molar-refractivity contribution in [2.24, 2.45) is 5.73 Å². The van der Waals surface area contributed by atoms with Crippen LogP contribution in [0.3, 0.4) is 0 Å². The van der Waals surface area contributed by atoms with Gasteiger partial charge in [0.05, 0.1) is 11.7 Å². The molecule has 0 bridgehead atoms. The lowest BCUT2D eigenvalue weighted by Crippen LogP contribution is -2.31. The predicted molar refractivity (Wildman–Crippen MR) is 75.6 cm³/mol. The number of benzene rings is 1. The number of pyridine rings is 1. The van der Waals surface area contributed by atoms with E-state index in [9.17, 15) is 0 Å². The van der Waals surface area contributed by atoms with Gasteiger partial charge in [0, 0.05) is 25.5 Å². The van der Waals surface area contributed by atoms with Gasteiger partial charge in [0.1, 0.15) is 0 Å². The van der Waals surface area contributed by atoms with Crippen LogP contribution in [0.4, 0.5) is 5.69 Å². The summed E-state index contributed by atoms with van der Waals surface area (Å²) in [5.74, 6) is 0. The van der Waals surface area contributed by atoms with E-state index in [2.05, 4.69) is 48.1 Å². The molecule has 0 aliphatic rings.